The molecule has 0 amide bonds. The van der Waals surface area contributed by atoms with Gasteiger partial charge in [0.1, 0.15) is 0 Å². The highest BCUT2D eigenvalue weighted by Gasteiger charge is 2.18. The van der Waals surface area contributed by atoms with Crippen molar-refractivity contribution < 1.29 is 28.8 Å². The average molecular weight is 222 g/mol. The lowest BCUT2D eigenvalue weighted by atomic mass is 10.3. The van der Waals surface area contributed by atoms with E-state index >= 15 is 0 Å². The van der Waals surface area contributed by atoms with E-state index < -0.39 is 24.0 Å². The van der Waals surface area contributed by atoms with Crippen LogP contribution in [0.15, 0.2) is 0 Å². The third kappa shape index (κ3) is 5.48. The molecule has 0 saturated carbocycles. The van der Waals surface area contributed by atoms with Crippen molar-refractivity contribution >= 4 is 27.4 Å². The number of hydrogen-bond donors (Lipinski definition) is 1. The molecule has 0 aliphatic rings. The van der Waals surface area contributed by atoms with E-state index in [0.29, 0.717) is 0 Å². The molecule has 0 aliphatic carbocycles. The smallest absolute Gasteiger partial charge is 0.349 e. The Hall–Kier alpha value is -1.16. The van der Waals surface area contributed by atoms with Crippen LogP contribution in [0.5, 0.6) is 0 Å². The fourth-order valence-corrected chi connectivity index (χ4v) is 0.801. The van der Waals surface area contributed by atoms with Gasteiger partial charge >= 0.3 is 17.9 Å². The summed E-state index contributed by atoms with van der Waals surface area (Å²) in [4.78, 5) is 31.7. The molecule has 0 bridgehead atoms. The standard InChI is InChI=1S/C7H11O6P/c1-4(7(11)13-14)12-6(10)3-2-5(8)9/h4H,2-3,14H2,1H3,(H,8,9)/t4-/m0/s1. The summed E-state index contributed by atoms with van der Waals surface area (Å²) in [5.74, 6) is -2.54. The zero-order valence-corrected chi connectivity index (χ0v) is 8.71. The monoisotopic (exact) mass is 222 g/mol. The van der Waals surface area contributed by atoms with Crippen molar-refractivity contribution in [3.8, 4) is 0 Å². The second kappa shape index (κ2) is 6.32. The molecule has 2 atom stereocenters. The third-order valence-electron chi connectivity index (χ3n) is 1.30. The SMILES string of the molecule is C[C@H](OC(=O)CCC(=O)O)C(=O)OP. The van der Waals surface area contributed by atoms with E-state index in [-0.39, 0.29) is 12.8 Å². The molecule has 7 heteroatoms. The Morgan fingerprint density at radius 3 is 2.36 bits per heavy atom. The van der Waals surface area contributed by atoms with E-state index in [1.807, 2.05) is 0 Å². The van der Waals surface area contributed by atoms with E-state index in [0.717, 1.165) is 0 Å². The Balaban J connectivity index is 3.82. The molecule has 1 N–H and O–H groups in total. The average Bonchev–Trinajstić information content (AvgIpc) is 2.13. The Kier molecular flexibility index (Phi) is 5.79. The number of carbonyl (C=O) groups is 3. The number of aliphatic carboxylic acids is 1. The lowest BCUT2D eigenvalue weighted by Gasteiger charge is -2.09. The van der Waals surface area contributed by atoms with Crippen LogP contribution in [0.4, 0.5) is 0 Å². The molecular weight excluding hydrogens is 211 g/mol. The molecule has 0 aromatic heterocycles. The van der Waals surface area contributed by atoms with Gasteiger partial charge in [-0.25, -0.2) is 4.79 Å². The maximum atomic E-state index is 10.9. The van der Waals surface area contributed by atoms with Gasteiger partial charge in [0, 0.05) is 0 Å². The first-order valence-electron chi connectivity index (χ1n) is 3.79. The molecular formula is C7H11O6P. The number of carbonyl (C=O) groups excluding carboxylic acids is 2. The molecule has 0 aliphatic heterocycles. The third-order valence-corrected chi connectivity index (χ3v) is 1.53. The summed E-state index contributed by atoms with van der Waals surface area (Å²) >= 11 is 0. The summed E-state index contributed by atoms with van der Waals surface area (Å²) in [6.07, 6.45) is -1.60. The van der Waals surface area contributed by atoms with Gasteiger partial charge in [-0.05, 0) is 6.92 Å². The van der Waals surface area contributed by atoms with Crippen molar-refractivity contribution in [2.45, 2.75) is 25.9 Å². The van der Waals surface area contributed by atoms with Crippen molar-refractivity contribution in [1.82, 2.24) is 0 Å². The Morgan fingerprint density at radius 1 is 1.36 bits per heavy atom. The van der Waals surface area contributed by atoms with Crippen molar-refractivity contribution in [3.05, 3.63) is 0 Å². The molecule has 14 heavy (non-hydrogen) atoms. The normalized spacial score (nSPS) is 11.6. The molecule has 6 nitrogen and oxygen atoms in total. The first-order valence-corrected chi connectivity index (χ1v) is 4.26. The first-order chi connectivity index (χ1) is 6.47. The number of carboxylic acids is 1. The summed E-state index contributed by atoms with van der Waals surface area (Å²) in [5.41, 5.74) is 0. The van der Waals surface area contributed by atoms with Crippen LogP contribution in [0, 0.1) is 0 Å². The van der Waals surface area contributed by atoms with Crippen molar-refractivity contribution in [2.75, 3.05) is 0 Å². The number of hydrogen-bond acceptors (Lipinski definition) is 5. The summed E-state index contributed by atoms with van der Waals surface area (Å²) in [7, 11) is 1.73. The minimum atomic E-state index is -1.09. The highest BCUT2D eigenvalue weighted by molar-refractivity contribution is 7.10. The quantitative estimate of drug-likeness (QED) is 0.524. The van der Waals surface area contributed by atoms with Crippen molar-refractivity contribution in [1.29, 1.82) is 0 Å². The van der Waals surface area contributed by atoms with Crippen LogP contribution in [-0.4, -0.2) is 29.1 Å². The minimum Gasteiger partial charge on any atom is -0.481 e. The molecule has 0 aromatic carbocycles. The summed E-state index contributed by atoms with van der Waals surface area (Å²) < 4.78 is 8.79. The first kappa shape index (κ1) is 12.8. The molecule has 1 unspecified atom stereocenters. The van der Waals surface area contributed by atoms with Crippen molar-refractivity contribution in [2.24, 2.45) is 0 Å². The van der Waals surface area contributed by atoms with Gasteiger partial charge < -0.3 is 14.4 Å². The van der Waals surface area contributed by atoms with Gasteiger partial charge in [-0.1, -0.05) is 0 Å². The van der Waals surface area contributed by atoms with E-state index in [1.54, 1.807) is 9.47 Å². The Morgan fingerprint density at radius 2 is 1.93 bits per heavy atom. The molecule has 0 heterocycles. The van der Waals surface area contributed by atoms with Crippen LogP contribution < -0.4 is 0 Å². The molecule has 0 saturated heterocycles. The maximum Gasteiger partial charge on any atom is 0.349 e. The van der Waals surface area contributed by atoms with Crippen LogP contribution in [0.25, 0.3) is 0 Å². The fourth-order valence-electron chi connectivity index (χ4n) is 0.609. The van der Waals surface area contributed by atoms with Crippen LogP contribution in [-0.2, 0) is 23.6 Å². The summed E-state index contributed by atoms with van der Waals surface area (Å²) in [6, 6.07) is 0. The number of carboxylic acid groups (broad SMARTS) is 1. The second-order valence-corrected chi connectivity index (χ2v) is 2.70. The number of esters is 1. The van der Waals surface area contributed by atoms with Crippen LogP contribution in [0.1, 0.15) is 19.8 Å². The number of rotatable bonds is 5. The predicted molar refractivity (Wildman–Crippen MR) is 48.2 cm³/mol. The van der Waals surface area contributed by atoms with Crippen LogP contribution in [0.3, 0.4) is 0 Å². The van der Waals surface area contributed by atoms with Gasteiger partial charge in [-0.2, -0.15) is 0 Å². The lowest BCUT2D eigenvalue weighted by molar-refractivity contribution is -0.161. The fraction of sp³-hybridized carbons (Fsp3) is 0.571. The van der Waals surface area contributed by atoms with Crippen LogP contribution >= 0.6 is 9.47 Å². The lowest BCUT2D eigenvalue weighted by Crippen LogP contribution is -2.24. The second-order valence-electron chi connectivity index (χ2n) is 2.46. The predicted octanol–water partition coefficient (Wildman–Crippen LogP) is 0.116. The van der Waals surface area contributed by atoms with Gasteiger partial charge in [0.15, 0.2) is 6.10 Å². The van der Waals surface area contributed by atoms with E-state index in [4.69, 9.17) is 5.11 Å². The Labute approximate surface area is 82.9 Å². The molecule has 0 rings (SSSR count). The van der Waals surface area contributed by atoms with Crippen LogP contribution in [0.2, 0.25) is 0 Å². The molecule has 0 radical (unpaired) electrons. The van der Waals surface area contributed by atoms with Crippen molar-refractivity contribution in [3.63, 3.8) is 0 Å². The highest BCUT2D eigenvalue weighted by atomic mass is 31.0. The topological polar surface area (TPSA) is 89.9 Å². The molecule has 80 valence electrons. The highest BCUT2D eigenvalue weighted by Crippen LogP contribution is 2.01. The van der Waals surface area contributed by atoms with Gasteiger partial charge in [0.05, 0.1) is 22.3 Å². The van der Waals surface area contributed by atoms with E-state index in [9.17, 15) is 14.4 Å². The maximum absolute atomic E-state index is 10.9. The zero-order chi connectivity index (χ0) is 11.1. The van der Waals surface area contributed by atoms with Gasteiger partial charge in [0.25, 0.3) is 0 Å². The largest absolute Gasteiger partial charge is 0.481 e. The number of ether oxygens (including phenoxy) is 1. The molecule has 0 aromatic rings. The van der Waals surface area contributed by atoms with Gasteiger partial charge in [-0.3, -0.25) is 9.59 Å². The van der Waals surface area contributed by atoms with Gasteiger partial charge in [-0.15, -0.1) is 0 Å². The zero-order valence-electron chi connectivity index (χ0n) is 7.56. The molecule has 0 spiro atoms. The summed E-state index contributed by atoms with van der Waals surface area (Å²) in [5, 5.41) is 8.25. The van der Waals surface area contributed by atoms with E-state index in [1.165, 1.54) is 6.92 Å². The molecule has 0 fully saturated rings. The minimum absolute atomic E-state index is 0.260. The summed E-state index contributed by atoms with van der Waals surface area (Å²) in [6.45, 7) is 1.34. The van der Waals surface area contributed by atoms with Gasteiger partial charge in [0.2, 0.25) is 0 Å². The Bertz CT molecular complexity index is 238. The van der Waals surface area contributed by atoms with E-state index in [2.05, 4.69) is 9.26 Å².